The van der Waals surface area contributed by atoms with Gasteiger partial charge in [0.2, 0.25) is 0 Å². The quantitative estimate of drug-likeness (QED) is 0.209. The number of nitrogens with two attached hydrogens (primary N) is 1. The number of carbonyl (C=O) groups excluding carboxylic acids is 1. The minimum absolute atomic E-state index is 0. The van der Waals surface area contributed by atoms with E-state index in [1.807, 2.05) is 7.05 Å². The number of rotatable bonds is 2. The van der Waals surface area contributed by atoms with Crippen molar-refractivity contribution in [3.63, 3.8) is 0 Å². The predicted molar refractivity (Wildman–Crippen MR) is 43.9 cm³/mol. The second kappa shape index (κ2) is 5.39. The van der Waals surface area contributed by atoms with Crippen LogP contribution in [-0.2, 0) is 9.53 Å². The molecule has 1 saturated heterocycles. The topological polar surface area (TPSA) is 64.4 Å². The van der Waals surface area contributed by atoms with Gasteiger partial charge in [-0.25, -0.2) is 5.84 Å². The van der Waals surface area contributed by atoms with Crippen molar-refractivity contribution in [1.82, 2.24) is 5.43 Å². The molecule has 1 aliphatic rings. The van der Waals surface area contributed by atoms with E-state index in [1.165, 1.54) is 0 Å². The first kappa shape index (κ1) is 12.6. The third-order valence-corrected chi connectivity index (χ3v) is 2.24. The molecule has 1 heterocycles. The second-order valence-corrected chi connectivity index (χ2v) is 3.40. The van der Waals surface area contributed by atoms with Gasteiger partial charge >= 0.3 is 0 Å². The van der Waals surface area contributed by atoms with Crippen LogP contribution in [0.4, 0.5) is 0 Å². The smallest absolute Gasteiger partial charge is 0.289 e. The van der Waals surface area contributed by atoms with Crippen molar-refractivity contribution in [2.75, 3.05) is 39.9 Å². The number of ether oxygens (including phenoxy) is 1. The van der Waals surface area contributed by atoms with Gasteiger partial charge in [0.25, 0.3) is 5.91 Å². The highest BCUT2D eigenvalue weighted by atomic mass is 35.5. The van der Waals surface area contributed by atoms with Crippen LogP contribution in [0.25, 0.3) is 0 Å². The van der Waals surface area contributed by atoms with Crippen LogP contribution in [-0.4, -0.2) is 50.3 Å². The van der Waals surface area contributed by atoms with E-state index >= 15 is 0 Å². The van der Waals surface area contributed by atoms with E-state index in [0.29, 0.717) is 6.54 Å². The zero-order valence-corrected chi connectivity index (χ0v) is 8.51. The second-order valence-electron chi connectivity index (χ2n) is 3.40. The molecule has 0 unspecified atom stereocenters. The van der Waals surface area contributed by atoms with Crippen LogP contribution in [0.15, 0.2) is 0 Å². The Hall–Kier alpha value is -0.360. The number of carbonyl (C=O) groups is 1. The number of morpholine rings is 1. The molecule has 1 aliphatic heterocycles. The summed E-state index contributed by atoms with van der Waals surface area (Å²) in [6.45, 7) is 3.67. The maximum absolute atomic E-state index is 11.0. The summed E-state index contributed by atoms with van der Waals surface area (Å²) in [5.41, 5.74) is 2.14. The molecule has 0 aromatic heterocycles. The van der Waals surface area contributed by atoms with E-state index in [2.05, 4.69) is 5.43 Å². The fourth-order valence-corrected chi connectivity index (χ4v) is 1.33. The van der Waals surface area contributed by atoms with E-state index in [4.69, 9.17) is 10.6 Å². The summed E-state index contributed by atoms with van der Waals surface area (Å²) in [7, 11) is 2.04. The van der Waals surface area contributed by atoms with Gasteiger partial charge in [-0.05, 0) is 0 Å². The molecule has 0 saturated carbocycles. The normalized spacial score (nSPS) is 20.2. The minimum atomic E-state index is -0.112. The molecule has 1 rings (SSSR count). The van der Waals surface area contributed by atoms with Gasteiger partial charge < -0.3 is 21.6 Å². The summed E-state index contributed by atoms with van der Waals surface area (Å²) in [4.78, 5) is 11.0. The fraction of sp³-hybridized carbons (Fsp3) is 0.857. The van der Waals surface area contributed by atoms with Crippen molar-refractivity contribution in [3.8, 4) is 0 Å². The van der Waals surface area contributed by atoms with E-state index in [0.717, 1.165) is 30.8 Å². The van der Waals surface area contributed by atoms with Gasteiger partial charge in [-0.2, -0.15) is 0 Å². The molecule has 5 nitrogen and oxygen atoms in total. The molecular weight excluding hydrogens is 194 g/mol. The highest BCUT2D eigenvalue weighted by Crippen LogP contribution is 2.06. The molecule has 0 bridgehead atoms. The maximum atomic E-state index is 11.0. The Morgan fingerprint density at radius 2 is 2.08 bits per heavy atom. The van der Waals surface area contributed by atoms with Gasteiger partial charge in [0, 0.05) is 0 Å². The number of quaternary nitrogens is 1. The van der Waals surface area contributed by atoms with Crippen molar-refractivity contribution in [3.05, 3.63) is 0 Å². The minimum Gasteiger partial charge on any atom is -1.00 e. The van der Waals surface area contributed by atoms with Gasteiger partial charge in [-0.3, -0.25) is 10.2 Å². The van der Waals surface area contributed by atoms with Crippen molar-refractivity contribution < 1.29 is 26.4 Å². The summed E-state index contributed by atoms with van der Waals surface area (Å²) in [6, 6.07) is 0. The molecule has 0 radical (unpaired) electrons. The van der Waals surface area contributed by atoms with Gasteiger partial charge in [0.05, 0.1) is 20.3 Å². The average molecular weight is 210 g/mol. The lowest BCUT2D eigenvalue weighted by Crippen LogP contribution is -3.00. The van der Waals surface area contributed by atoms with Crippen LogP contribution >= 0.6 is 0 Å². The van der Waals surface area contributed by atoms with Crippen LogP contribution in [0.3, 0.4) is 0 Å². The molecule has 3 N–H and O–H groups in total. The zero-order valence-electron chi connectivity index (χ0n) is 7.75. The van der Waals surface area contributed by atoms with Gasteiger partial charge in [-0.1, -0.05) is 0 Å². The average Bonchev–Trinajstić information content (AvgIpc) is 2.05. The fourth-order valence-electron chi connectivity index (χ4n) is 1.33. The summed E-state index contributed by atoms with van der Waals surface area (Å²) in [5, 5.41) is 0. The lowest BCUT2D eigenvalue weighted by Gasteiger charge is -2.36. The lowest BCUT2D eigenvalue weighted by molar-refractivity contribution is -0.909. The molecule has 78 valence electrons. The predicted octanol–water partition coefficient (Wildman–Crippen LogP) is -4.54. The lowest BCUT2D eigenvalue weighted by atomic mass is 10.3. The van der Waals surface area contributed by atoms with E-state index in [1.54, 1.807) is 0 Å². The standard InChI is InChI=1S/C7H15N3O2.ClH/c1-10(6-7(11)9-8)2-4-12-5-3-10;/h2-6,8H2,1H3;1H. The van der Waals surface area contributed by atoms with Crippen LogP contribution in [0, 0.1) is 0 Å². The molecule has 6 heteroatoms. The third kappa shape index (κ3) is 3.91. The molecule has 1 fully saturated rings. The SMILES string of the molecule is C[N+]1(CC(=O)NN)CCOCC1.[Cl-]. The Morgan fingerprint density at radius 1 is 1.54 bits per heavy atom. The van der Waals surface area contributed by atoms with Crippen LogP contribution in [0.2, 0.25) is 0 Å². The largest absolute Gasteiger partial charge is 1.00 e. The highest BCUT2D eigenvalue weighted by molar-refractivity contribution is 5.76. The molecular formula is C7H16ClN3O2. The molecule has 1 amide bonds. The maximum Gasteiger partial charge on any atom is 0.289 e. The Labute approximate surface area is 84.2 Å². The highest BCUT2D eigenvalue weighted by Gasteiger charge is 2.27. The Kier molecular flexibility index (Phi) is 5.24. The number of hydrogen-bond donors (Lipinski definition) is 2. The molecule has 0 atom stereocenters. The van der Waals surface area contributed by atoms with E-state index in [9.17, 15) is 4.79 Å². The molecule has 0 aliphatic carbocycles. The van der Waals surface area contributed by atoms with Crippen molar-refractivity contribution in [1.29, 1.82) is 0 Å². The summed E-state index contributed by atoms with van der Waals surface area (Å²) < 4.78 is 5.93. The zero-order chi connectivity index (χ0) is 9.03. The summed E-state index contributed by atoms with van der Waals surface area (Å²) in [5.74, 6) is 4.90. The van der Waals surface area contributed by atoms with Gasteiger partial charge in [0.15, 0.2) is 6.54 Å². The molecule has 0 aromatic rings. The van der Waals surface area contributed by atoms with Gasteiger partial charge in [0.1, 0.15) is 13.1 Å². The number of amides is 1. The number of hydrogen-bond acceptors (Lipinski definition) is 3. The number of nitrogens with zero attached hydrogens (tertiary/aromatic N) is 1. The van der Waals surface area contributed by atoms with Gasteiger partial charge in [-0.15, -0.1) is 0 Å². The monoisotopic (exact) mass is 209 g/mol. The van der Waals surface area contributed by atoms with Crippen molar-refractivity contribution >= 4 is 5.91 Å². The third-order valence-electron chi connectivity index (χ3n) is 2.24. The first-order valence-corrected chi connectivity index (χ1v) is 4.07. The summed E-state index contributed by atoms with van der Waals surface area (Å²) >= 11 is 0. The first-order valence-electron chi connectivity index (χ1n) is 4.07. The number of hydrazine groups is 1. The molecule has 0 aromatic carbocycles. The Bertz CT molecular complexity index is 171. The molecule has 0 spiro atoms. The Morgan fingerprint density at radius 3 is 2.54 bits per heavy atom. The van der Waals surface area contributed by atoms with Crippen LogP contribution < -0.4 is 23.7 Å². The van der Waals surface area contributed by atoms with E-state index in [-0.39, 0.29) is 18.3 Å². The molecule has 13 heavy (non-hydrogen) atoms. The van der Waals surface area contributed by atoms with Crippen molar-refractivity contribution in [2.45, 2.75) is 0 Å². The number of likely N-dealkylation sites (N-methyl/N-ethyl adjacent to an activating group) is 1. The van der Waals surface area contributed by atoms with Crippen molar-refractivity contribution in [2.24, 2.45) is 5.84 Å². The number of halogens is 1. The first-order chi connectivity index (χ1) is 5.66. The van der Waals surface area contributed by atoms with Crippen LogP contribution in [0.5, 0.6) is 0 Å². The number of nitrogens with one attached hydrogen (secondary N) is 1. The Balaban J connectivity index is 0.00000144. The van der Waals surface area contributed by atoms with Crippen LogP contribution in [0.1, 0.15) is 0 Å². The van der Waals surface area contributed by atoms with E-state index < -0.39 is 0 Å². The summed E-state index contributed by atoms with van der Waals surface area (Å²) in [6.07, 6.45) is 0.